The molecule has 1 amide bonds. The second-order valence-electron chi connectivity index (χ2n) is 6.41. The van der Waals surface area contributed by atoms with E-state index in [1.165, 1.54) is 5.56 Å². The Morgan fingerprint density at radius 3 is 2.21 bits per heavy atom. The molecular formula is C21H20N2O. The molecule has 0 saturated carbocycles. The van der Waals surface area contributed by atoms with Crippen molar-refractivity contribution in [1.82, 2.24) is 5.01 Å². The predicted molar refractivity (Wildman–Crippen MR) is 96.5 cm³/mol. The fraction of sp³-hybridized carbons (Fsp3) is 0.238. The van der Waals surface area contributed by atoms with E-state index in [-0.39, 0.29) is 29.7 Å². The Balaban J connectivity index is 1.81. The number of nitrogens with zero attached hydrogens (tertiary/aromatic N) is 2. The molecule has 0 aromatic heterocycles. The van der Waals surface area contributed by atoms with Crippen molar-refractivity contribution in [2.24, 2.45) is 16.9 Å². The minimum atomic E-state index is -0.00409. The van der Waals surface area contributed by atoms with Gasteiger partial charge in [-0.1, -0.05) is 78.9 Å². The summed E-state index contributed by atoms with van der Waals surface area (Å²) in [5.41, 5.74) is 2.27. The maximum atomic E-state index is 12.3. The van der Waals surface area contributed by atoms with Crippen molar-refractivity contribution >= 4 is 11.6 Å². The van der Waals surface area contributed by atoms with Crippen molar-refractivity contribution in [2.75, 3.05) is 0 Å². The van der Waals surface area contributed by atoms with E-state index in [9.17, 15) is 4.79 Å². The molecule has 1 aromatic rings. The number of rotatable bonds is 3. The molecule has 0 radical (unpaired) electrons. The highest BCUT2D eigenvalue weighted by Crippen LogP contribution is 2.40. The topological polar surface area (TPSA) is 32.7 Å². The normalized spacial score (nSPS) is 25.9. The van der Waals surface area contributed by atoms with Crippen LogP contribution in [-0.2, 0) is 4.79 Å². The number of amides is 1. The van der Waals surface area contributed by atoms with Gasteiger partial charge in [-0.25, -0.2) is 5.01 Å². The van der Waals surface area contributed by atoms with Crippen molar-refractivity contribution < 1.29 is 4.79 Å². The molecule has 1 aliphatic heterocycles. The molecular weight excluding hydrogens is 296 g/mol. The van der Waals surface area contributed by atoms with Crippen molar-refractivity contribution in [3.63, 3.8) is 0 Å². The summed E-state index contributed by atoms with van der Waals surface area (Å²) in [5.74, 6) is 0.451. The standard InChI is InChI=1S/C21H20N2O/c1-15(24)23-21(18-13-7-8-14-18)19(16-9-3-2-4-10-16)20(22-23)17-11-5-6-12-17/h2-14,17-19,21H,1H3. The van der Waals surface area contributed by atoms with Crippen molar-refractivity contribution in [1.29, 1.82) is 0 Å². The van der Waals surface area contributed by atoms with Crippen LogP contribution >= 0.6 is 0 Å². The Morgan fingerprint density at radius 2 is 1.58 bits per heavy atom. The van der Waals surface area contributed by atoms with E-state index in [4.69, 9.17) is 5.10 Å². The van der Waals surface area contributed by atoms with Crippen LogP contribution in [0.3, 0.4) is 0 Å². The Bertz CT molecular complexity index is 761. The van der Waals surface area contributed by atoms with Gasteiger partial charge in [0.1, 0.15) is 0 Å². The molecule has 0 N–H and O–H groups in total. The summed E-state index contributed by atoms with van der Waals surface area (Å²) < 4.78 is 0. The fourth-order valence-corrected chi connectivity index (χ4v) is 3.84. The van der Waals surface area contributed by atoms with E-state index < -0.39 is 0 Å². The van der Waals surface area contributed by atoms with E-state index in [2.05, 4.69) is 72.9 Å². The third kappa shape index (κ3) is 2.46. The molecule has 4 rings (SSSR count). The predicted octanol–water partition coefficient (Wildman–Crippen LogP) is 3.84. The van der Waals surface area contributed by atoms with Crippen molar-refractivity contribution in [3.8, 4) is 0 Å². The third-order valence-electron chi connectivity index (χ3n) is 4.91. The van der Waals surface area contributed by atoms with Crippen LogP contribution in [0.5, 0.6) is 0 Å². The molecule has 3 heteroatoms. The summed E-state index contributed by atoms with van der Waals surface area (Å²) >= 11 is 0. The van der Waals surface area contributed by atoms with Gasteiger partial charge in [-0.15, -0.1) is 0 Å². The van der Waals surface area contributed by atoms with Gasteiger partial charge in [-0.3, -0.25) is 4.79 Å². The Labute approximate surface area is 142 Å². The number of hydrazone groups is 1. The molecule has 24 heavy (non-hydrogen) atoms. The monoisotopic (exact) mass is 316 g/mol. The quantitative estimate of drug-likeness (QED) is 0.834. The first-order valence-corrected chi connectivity index (χ1v) is 8.39. The lowest BCUT2D eigenvalue weighted by atomic mass is 9.78. The van der Waals surface area contributed by atoms with Gasteiger partial charge in [-0.05, 0) is 5.56 Å². The number of benzene rings is 1. The summed E-state index contributed by atoms with van der Waals surface area (Å²) in [6, 6.07) is 10.4. The Kier molecular flexibility index (Phi) is 3.77. The van der Waals surface area contributed by atoms with Crippen LogP contribution in [0, 0.1) is 11.8 Å². The van der Waals surface area contributed by atoms with Gasteiger partial charge in [0.2, 0.25) is 5.91 Å². The molecule has 2 atom stereocenters. The van der Waals surface area contributed by atoms with Gasteiger partial charge in [0.05, 0.1) is 11.8 Å². The summed E-state index contributed by atoms with van der Waals surface area (Å²) in [7, 11) is 0. The highest BCUT2D eigenvalue weighted by Gasteiger charge is 2.45. The van der Waals surface area contributed by atoms with E-state index in [1.807, 2.05) is 6.07 Å². The van der Waals surface area contributed by atoms with Crippen molar-refractivity contribution in [3.05, 3.63) is 84.5 Å². The van der Waals surface area contributed by atoms with E-state index in [0.717, 1.165) is 5.71 Å². The van der Waals surface area contributed by atoms with Gasteiger partial charge in [0.25, 0.3) is 0 Å². The molecule has 2 unspecified atom stereocenters. The Morgan fingerprint density at radius 1 is 0.958 bits per heavy atom. The van der Waals surface area contributed by atoms with Gasteiger partial charge in [0, 0.05) is 24.7 Å². The third-order valence-corrected chi connectivity index (χ3v) is 4.91. The molecule has 1 heterocycles. The zero-order valence-corrected chi connectivity index (χ0v) is 13.6. The van der Waals surface area contributed by atoms with E-state index >= 15 is 0 Å². The highest BCUT2D eigenvalue weighted by atomic mass is 16.2. The van der Waals surface area contributed by atoms with Crippen LogP contribution < -0.4 is 0 Å². The molecule has 0 bridgehead atoms. The van der Waals surface area contributed by atoms with Crippen molar-refractivity contribution in [2.45, 2.75) is 18.9 Å². The zero-order valence-electron chi connectivity index (χ0n) is 13.6. The van der Waals surface area contributed by atoms with Crippen LogP contribution in [0.4, 0.5) is 0 Å². The molecule has 1 aromatic carbocycles. The molecule has 0 spiro atoms. The van der Waals surface area contributed by atoms with E-state index in [1.54, 1.807) is 11.9 Å². The highest BCUT2D eigenvalue weighted by molar-refractivity contribution is 5.99. The summed E-state index contributed by atoms with van der Waals surface area (Å²) in [6.45, 7) is 1.60. The van der Waals surface area contributed by atoms with Crippen LogP contribution in [0.2, 0.25) is 0 Å². The number of carbonyl (C=O) groups is 1. The maximum Gasteiger partial charge on any atom is 0.239 e. The maximum absolute atomic E-state index is 12.3. The minimum absolute atomic E-state index is 0.00250. The summed E-state index contributed by atoms with van der Waals surface area (Å²) in [5, 5.41) is 6.48. The SMILES string of the molecule is CC(=O)N1N=C(C2C=CC=C2)C(c2ccccc2)C1C1C=CC=C1. The van der Waals surface area contributed by atoms with Crippen LogP contribution in [0.15, 0.2) is 84.0 Å². The van der Waals surface area contributed by atoms with Crippen LogP contribution in [0.1, 0.15) is 18.4 Å². The van der Waals surface area contributed by atoms with Gasteiger partial charge in [-0.2, -0.15) is 5.10 Å². The molecule has 120 valence electrons. The number of hydrogen-bond acceptors (Lipinski definition) is 2. The molecule has 0 saturated heterocycles. The average Bonchev–Trinajstić information content (AvgIpc) is 3.33. The van der Waals surface area contributed by atoms with Crippen LogP contribution in [-0.4, -0.2) is 22.7 Å². The van der Waals surface area contributed by atoms with Gasteiger partial charge < -0.3 is 0 Å². The largest absolute Gasteiger partial charge is 0.273 e. The first-order valence-electron chi connectivity index (χ1n) is 8.39. The summed E-state index contributed by atoms with van der Waals surface area (Å²) in [6.07, 6.45) is 16.8. The second kappa shape index (κ2) is 6.08. The molecule has 3 aliphatic rings. The molecule has 0 fully saturated rings. The van der Waals surface area contributed by atoms with Crippen LogP contribution in [0.25, 0.3) is 0 Å². The first kappa shape index (κ1) is 14.9. The van der Waals surface area contributed by atoms with E-state index in [0.29, 0.717) is 0 Å². The summed E-state index contributed by atoms with van der Waals surface area (Å²) in [4.78, 5) is 12.3. The number of allylic oxidation sites excluding steroid dienone is 6. The molecule has 2 aliphatic carbocycles. The smallest absolute Gasteiger partial charge is 0.239 e. The molecule has 3 nitrogen and oxygen atoms in total. The minimum Gasteiger partial charge on any atom is -0.273 e. The lowest BCUT2D eigenvalue weighted by Gasteiger charge is -2.30. The zero-order chi connectivity index (χ0) is 16.5. The van der Waals surface area contributed by atoms with Gasteiger partial charge in [0.15, 0.2) is 0 Å². The Hall–Kier alpha value is -2.68. The number of carbonyl (C=O) groups excluding carboxylic acids is 1. The fourth-order valence-electron chi connectivity index (χ4n) is 3.84. The lowest BCUT2D eigenvalue weighted by Crippen LogP contribution is -2.40. The first-order chi connectivity index (χ1) is 11.8. The number of hydrogen-bond donors (Lipinski definition) is 0. The average molecular weight is 316 g/mol. The lowest BCUT2D eigenvalue weighted by molar-refractivity contribution is -0.131. The second-order valence-corrected chi connectivity index (χ2v) is 6.41. The van der Waals surface area contributed by atoms with Gasteiger partial charge >= 0.3 is 0 Å².